The quantitative estimate of drug-likeness (QED) is 0.762. The highest BCUT2D eigenvalue weighted by Gasteiger charge is 2.34. The molecule has 1 unspecified atom stereocenters. The summed E-state index contributed by atoms with van der Waals surface area (Å²) in [5, 5.41) is 2.70. The fourth-order valence-electron chi connectivity index (χ4n) is 2.96. The first-order valence-corrected chi connectivity index (χ1v) is 9.13. The van der Waals surface area contributed by atoms with E-state index in [2.05, 4.69) is 17.2 Å². The Morgan fingerprint density at radius 1 is 1.21 bits per heavy atom. The topological polar surface area (TPSA) is 67.9 Å². The van der Waals surface area contributed by atoms with Crippen molar-refractivity contribution in [1.82, 2.24) is 5.32 Å². The van der Waals surface area contributed by atoms with Gasteiger partial charge in [-0.15, -0.1) is 0 Å². The summed E-state index contributed by atoms with van der Waals surface area (Å²) in [6.45, 7) is 0.470. The summed E-state index contributed by atoms with van der Waals surface area (Å²) in [6, 6.07) is 13.2. The Morgan fingerprint density at radius 2 is 1.97 bits per heavy atom. The number of anilines is 1. The number of rotatable bonds is 6. The molecule has 1 atom stereocenters. The minimum absolute atomic E-state index is 0.0178. The van der Waals surface area contributed by atoms with E-state index in [0.717, 1.165) is 5.69 Å². The van der Waals surface area contributed by atoms with Crippen LogP contribution in [0.25, 0.3) is 0 Å². The van der Waals surface area contributed by atoms with Crippen molar-refractivity contribution in [2.24, 2.45) is 5.92 Å². The summed E-state index contributed by atoms with van der Waals surface area (Å²) >= 11 is 0. The van der Waals surface area contributed by atoms with E-state index in [-0.39, 0.29) is 37.1 Å². The van der Waals surface area contributed by atoms with E-state index in [4.69, 9.17) is 9.47 Å². The number of carbonyl (C=O) groups excluding carboxylic acids is 2. The van der Waals surface area contributed by atoms with Crippen LogP contribution in [0.5, 0.6) is 11.5 Å². The van der Waals surface area contributed by atoms with Crippen molar-refractivity contribution in [1.29, 1.82) is 0 Å². The van der Waals surface area contributed by atoms with Crippen molar-refractivity contribution in [3.8, 4) is 23.3 Å². The number of benzene rings is 2. The number of nitrogens with zero attached hydrogens (tertiary/aromatic N) is 1. The number of methoxy groups -OCH3 is 1. The summed E-state index contributed by atoms with van der Waals surface area (Å²) in [4.78, 5) is 26.2. The van der Waals surface area contributed by atoms with Gasteiger partial charge in [-0.2, -0.15) is 0 Å². The Morgan fingerprint density at radius 3 is 2.69 bits per heavy atom. The normalized spacial score (nSPS) is 15.4. The van der Waals surface area contributed by atoms with Crippen LogP contribution >= 0.6 is 0 Å². The van der Waals surface area contributed by atoms with Crippen molar-refractivity contribution in [2.45, 2.75) is 6.42 Å². The van der Waals surface area contributed by atoms with E-state index in [1.807, 2.05) is 0 Å². The van der Waals surface area contributed by atoms with Crippen LogP contribution in [0.2, 0.25) is 0 Å². The lowest BCUT2D eigenvalue weighted by Crippen LogP contribution is -2.33. The van der Waals surface area contributed by atoms with Crippen LogP contribution in [-0.4, -0.2) is 38.6 Å². The van der Waals surface area contributed by atoms with Gasteiger partial charge in [0.15, 0.2) is 11.6 Å². The number of hydrogen-bond acceptors (Lipinski definition) is 4. The highest BCUT2D eigenvalue weighted by atomic mass is 19.1. The molecule has 150 valence electrons. The van der Waals surface area contributed by atoms with Gasteiger partial charge in [-0.25, -0.2) is 4.39 Å². The first kappa shape index (κ1) is 20.2. The van der Waals surface area contributed by atoms with Gasteiger partial charge in [0.05, 0.1) is 19.6 Å². The number of para-hydroxylation sites is 1. The average Bonchev–Trinajstić information content (AvgIpc) is 3.13. The third kappa shape index (κ3) is 5.26. The number of halogens is 1. The van der Waals surface area contributed by atoms with Gasteiger partial charge in [0.25, 0.3) is 0 Å². The fraction of sp³-hybridized carbons (Fsp3) is 0.273. The lowest BCUT2D eigenvalue weighted by Gasteiger charge is -2.16. The molecule has 0 spiro atoms. The molecule has 29 heavy (non-hydrogen) atoms. The minimum Gasteiger partial charge on any atom is -0.497 e. The molecule has 0 bridgehead atoms. The Kier molecular flexibility index (Phi) is 6.69. The van der Waals surface area contributed by atoms with Crippen molar-refractivity contribution >= 4 is 17.5 Å². The lowest BCUT2D eigenvalue weighted by atomic mass is 10.1. The molecule has 1 aliphatic rings. The maximum absolute atomic E-state index is 13.4. The minimum atomic E-state index is -0.449. The van der Waals surface area contributed by atoms with Crippen molar-refractivity contribution in [3.05, 3.63) is 54.3 Å². The van der Waals surface area contributed by atoms with Crippen LogP contribution in [0.4, 0.5) is 10.1 Å². The van der Waals surface area contributed by atoms with Crippen LogP contribution in [0.3, 0.4) is 0 Å². The van der Waals surface area contributed by atoms with Crippen LogP contribution in [0.1, 0.15) is 6.42 Å². The van der Waals surface area contributed by atoms with Gasteiger partial charge in [0.1, 0.15) is 12.4 Å². The van der Waals surface area contributed by atoms with Gasteiger partial charge in [0.2, 0.25) is 11.8 Å². The van der Waals surface area contributed by atoms with E-state index in [9.17, 15) is 14.0 Å². The van der Waals surface area contributed by atoms with Crippen molar-refractivity contribution in [3.63, 3.8) is 0 Å². The Bertz CT molecular complexity index is 934. The lowest BCUT2D eigenvalue weighted by molar-refractivity contribution is -0.126. The van der Waals surface area contributed by atoms with Gasteiger partial charge in [0, 0.05) is 18.7 Å². The summed E-state index contributed by atoms with van der Waals surface area (Å²) in [5.74, 6) is 5.11. The zero-order chi connectivity index (χ0) is 20.6. The van der Waals surface area contributed by atoms with Crippen molar-refractivity contribution in [2.75, 3.05) is 31.7 Å². The van der Waals surface area contributed by atoms with Crippen LogP contribution in [0.15, 0.2) is 48.5 Å². The molecule has 0 radical (unpaired) electrons. The van der Waals surface area contributed by atoms with Gasteiger partial charge < -0.3 is 19.7 Å². The molecular formula is C22H21FN2O4. The van der Waals surface area contributed by atoms with Crippen LogP contribution in [0, 0.1) is 23.6 Å². The van der Waals surface area contributed by atoms with E-state index >= 15 is 0 Å². The first-order chi connectivity index (χ1) is 14.1. The summed E-state index contributed by atoms with van der Waals surface area (Å²) < 4.78 is 23.7. The number of nitrogens with one attached hydrogen (secondary N) is 1. The van der Waals surface area contributed by atoms with Crippen molar-refractivity contribution < 1.29 is 23.5 Å². The predicted octanol–water partition coefficient (Wildman–Crippen LogP) is 2.39. The molecule has 2 aromatic carbocycles. The molecule has 0 aliphatic carbocycles. The van der Waals surface area contributed by atoms with E-state index < -0.39 is 11.7 Å². The highest BCUT2D eigenvalue weighted by Crippen LogP contribution is 2.26. The predicted molar refractivity (Wildman–Crippen MR) is 106 cm³/mol. The Hall–Kier alpha value is -3.53. The van der Waals surface area contributed by atoms with Gasteiger partial charge in [-0.1, -0.05) is 24.0 Å². The molecular weight excluding hydrogens is 375 g/mol. The highest BCUT2D eigenvalue weighted by molar-refractivity contribution is 6.00. The van der Waals surface area contributed by atoms with Gasteiger partial charge in [-0.05, 0) is 36.4 Å². The fourth-order valence-corrected chi connectivity index (χ4v) is 2.96. The molecule has 1 saturated heterocycles. The van der Waals surface area contributed by atoms with Gasteiger partial charge in [-0.3, -0.25) is 9.59 Å². The number of hydrogen-bond donors (Lipinski definition) is 1. The molecule has 2 amide bonds. The smallest absolute Gasteiger partial charge is 0.227 e. The molecule has 0 saturated carbocycles. The third-order valence-corrected chi connectivity index (χ3v) is 4.49. The average molecular weight is 396 g/mol. The molecule has 3 rings (SSSR count). The second kappa shape index (κ2) is 9.60. The molecule has 0 aromatic heterocycles. The largest absolute Gasteiger partial charge is 0.497 e. The number of carbonyl (C=O) groups is 2. The molecule has 1 aliphatic heterocycles. The van der Waals surface area contributed by atoms with E-state index in [0.29, 0.717) is 12.3 Å². The van der Waals surface area contributed by atoms with E-state index in [1.54, 1.807) is 48.4 Å². The maximum atomic E-state index is 13.4. The molecule has 6 nitrogen and oxygen atoms in total. The van der Waals surface area contributed by atoms with Crippen LogP contribution < -0.4 is 19.7 Å². The zero-order valence-electron chi connectivity index (χ0n) is 16.0. The second-order valence-electron chi connectivity index (χ2n) is 6.39. The van der Waals surface area contributed by atoms with E-state index in [1.165, 1.54) is 12.1 Å². The van der Waals surface area contributed by atoms with Gasteiger partial charge >= 0.3 is 0 Å². The standard InChI is InChI=1S/C22H21FN2O4/c1-28-18-10-8-17(9-11-18)25-15-16(14-21(25)26)22(27)24-12-4-5-13-29-20-7-3-2-6-19(20)23/h2-3,6-11,16H,12-15H2,1H3,(H,24,27). The summed E-state index contributed by atoms with van der Waals surface area (Å²) in [5.41, 5.74) is 0.733. The number of ether oxygens (including phenoxy) is 2. The molecule has 1 heterocycles. The van der Waals surface area contributed by atoms with Crippen LogP contribution in [-0.2, 0) is 9.59 Å². The molecule has 1 fully saturated rings. The Labute approximate surface area is 168 Å². The summed E-state index contributed by atoms with van der Waals surface area (Å²) in [7, 11) is 1.57. The zero-order valence-corrected chi connectivity index (χ0v) is 16.0. The Balaban J connectivity index is 1.44. The first-order valence-electron chi connectivity index (χ1n) is 9.13. The summed E-state index contributed by atoms with van der Waals surface area (Å²) in [6.07, 6.45) is 0.154. The maximum Gasteiger partial charge on any atom is 0.227 e. The molecule has 1 N–H and O–H groups in total. The monoisotopic (exact) mass is 396 g/mol. The molecule has 2 aromatic rings. The third-order valence-electron chi connectivity index (χ3n) is 4.49. The molecule has 7 heteroatoms. The number of amides is 2. The second-order valence-corrected chi connectivity index (χ2v) is 6.39. The SMILES string of the molecule is COc1ccc(N2CC(C(=O)NCC#CCOc3ccccc3F)CC2=O)cc1.